The second-order valence-electron chi connectivity index (χ2n) is 4.62. The average molecular weight is 325 g/mol. The first-order valence-corrected chi connectivity index (χ1v) is 7.63. The Balaban J connectivity index is 1.84. The summed E-state index contributed by atoms with van der Waals surface area (Å²) in [6.07, 6.45) is 1.74. The number of pyridine rings is 1. The van der Waals surface area contributed by atoms with Crippen molar-refractivity contribution in [3.05, 3.63) is 45.2 Å². The fourth-order valence-electron chi connectivity index (χ4n) is 1.82. The summed E-state index contributed by atoms with van der Waals surface area (Å²) in [5.41, 5.74) is 0.969. The monoisotopic (exact) mass is 324 g/mol. The van der Waals surface area contributed by atoms with Crippen molar-refractivity contribution in [2.24, 2.45) is 0 Å². The van der Waals surface area contributed by atoms with Gasteiger partial charge in [-0.3, -0.25) is 0 Å². The first-order valence-electron chi connectivity index (χ1n) is 6.43. The molecule has 0 unspecified atom stereocenters. The first-order chi connectivity index (χ1) is 10.1. The van der Waals surface area contributed by atoms with Gasteiger partial charge < -0.3 is 15.5 Å². The summed E-state index contributed by atoms with van der Waals surface area (Å²) < 4.78 is 0.721. The summed E-state index contributed by atoms with van der Waals surface area (Å²) in [4.78, 5) is 19.0. The van der Waals surface area contributed by atoms with Gasteiger partial charge in [-0.05, 0) is 18.2 Å². The summed E-state index contributed by atoms with van der Waals surface area (Å²) in [6, 6.07) is 7.31. The molecule has 2 heterocycles. The van der Waals surface area contributed by atoms with E-state index in [2.05, 4.69) is 15.6 Å². The molecule has 7 heteroatoms. The number of halogens is 1. The Morgan fingerprint density at radius 1 is 1.29 bits per heavy atom. The van der Waals surface area contributed by atoms with Crippen LogP contribution in [0.5, 0.6) is 0 Å². The van der Waals surface area contributed by atoms with Crippen LogP contribution in [0.25, 0.3) is 0 Å². The predicted octanol–water partition coefficient (Wildman–Crippen LogP) is 2.86. The van der Waals surface area contributed by atoms with Gasteiger partial charge in [-0.15, -0.1) is 11.3 Å². The zero-order chi connectivity index (χ0) is 15.2. The fourth-order valence-corrected chi connectivity index (χ4v) is 2.85. The van der Waals surface area contributed by atoms with Gasteiger partial charge in [0.05, 0.1) is 10.9 Å². The van der Waals surface area contributed by atoms with Crippen molar-refractivity contribution in [3.8, 4) is 0 Å². The highest BCUT2D eigenvalue weighted by molar-refractivity contribution is 7.16. The van der Waals surface area contributed by atoms with E-state index in [1.54, 1.807) is 6.20 Å². The number of rotatable bonds is 5. The largest absolute Gasteiger partial charge is 0.362 e. The Morgan fingerprint density at radius 2 is 2.05 bits per heavy atom. The molecule has 2 N–H and O–H groups in total. The van der Waals surface area contributed by atoms with E-state index in [4.69, 9.17) is 11.6 Å². The van der Waals surface area contributed by atoms with Gasteiger partial charge in [0.2, 0.25) is 0 Å². The second kappa shape index (κ2) is 7.28. The number of urea groups is 1. The molecule has 112 valence electrons. The molecule has 0 bridgehead atoms. The van der Waals surface area contributed by atoms with Crippen LogP contribution in [0.15, 0.2) is 30.5 Å². The summed E-state index contributed by atoms with van der Waals surface area (Å²) in [7, 11) is 3.85. The van der Waals surface area contributed by atoms with E-state index in [1.165, 1.54) is 11.3 Å². The lowest BCUT2D eigenvalue weighted by Crippen LogP contribution is -2.34. The van der Waals surface area contributed by atoms with E-state index < -0.39 is 0 Å². The van der Waals surface area contributed by atoms with Crippen LogP contribution in [-0.4, -0.2) is 25.1 Å². The molecule has 2 amide bonds. The minimum Gasteiger partial charge on any atom is -0.362 e. The van der Waals surface area contributed by atoms with Gasteiger partial charge in [0.25, 0.3) is 0 Å². The van der Waals surface area contributed by atoms with Crippen molar-refractivity contribution in [2.75, 3.05) is 19.0 Å². The smallest absolute Gasteiger partial charge is 0.315 e. The molecule has 0 aromatic carbocycles. The second-order valence-corrected chi connectivity index (χ2v) is 6.42. The van der Waals surface area contributed by atoms with Crippen molar-refractivity contribution in [1.82, 2.24) is 15.6 Å². The van der Waals surface area contributed by atoms with E-state index in [-0.39, 0.29) is 6.03 Å². The van der Waals surface area contributed by atoms with Gasteiger partial charge in [-0.2, -0.15) is 0 Å². The Bertz CT molecular complexity index is 615. The number of hydrogen-bond donors (Lipinski definition) is 2. The Kier molecular flexibility index (Phi) is 5.41. The van der Waals surface area contributed by atoms with Gasteiger partial charge in [0.15, 0.2) is 0 Å². The van der Waals surface area contributed by atoms with Crippen LogP contribution in [0.1, 0.15) is 10.4 Å². The topological polar surface area (TPSA) is 57.3 Å². The lowest BCUT2D eigenvalue weighted by molar-refractivity contribution is 0.240. The third kappa shape index (κ3) is 4.61. The van der Waals surface area contributed by atoms with Gasteiger partial charge in [-0.1, -0.05) is 17.7 Å². The highest BCUT2D eigenvalue weighted by atomic mass is 35.5. The van der Waals surface area contributed by atoms with Crippen LogP contribution >= 0.6 is 22.9 Å². The minimum absolute atomic E-state index is 0.215. The van der Waals surface area contributed by atoms with Gasteiger partial charge >= 0.3 is 6.03 Å². The maximum absolute atomic E-state index is 11.8. The van der Waals surface area contributed by atoms with Crippen molar-refractivity contribution in [1.29, 1.82) is 0 Å². The SMILES string of the molecule is CN(C)c1ncccc1CNC(=O)NCc1ccc(Cl)s1. The minimum atomic E-state index is -0.215. The number of thiophene rings is 1. The molecular formula is C14H17ClN4OS. The Morgan fingerprint density at radius 3 is 2.71 bits per heavy atom. The van der Waals surface area contributed by atoms with E-state index >= 15 is 0 Å². The molecule has 2 aromatic rings. The van der Waals surface area contributed by atoms with Crippen molar-refractivity contribution in [3.63, 3.8) is 0 Å². The van der Waals surface area contributed by atoms with Gasteiger partial charge in [-0.25, -0.2) is 9.78 Å². The third-order valence-electron chi connectivity index (χ3n) is 2.78. The predicted molar refractivity (Wildman–Crippen MR) is 87.0 cm³/mol. The number of carbonyl (C=O) groups is 1. The number of hydrogen-bond acceptors (Lipinski definition) is 4. The normalized spacial score (nSPS) is 10.2. The van der Waals surface area contributed by atoms with Crippen LogP contribution in [0, 0.1) is 0 Å². The van der Waals surface area contributed by atoms with Crippen LogP contribution in [0.2, 0.25) is 4.34 Å². The number of nitrogens with one attached hydrogen (secondary N) is 2. The Hall–Kier alpha value is -1.79. The molecule has 0 saturated heterocycles. The molecule has 0 aliphatic heterocycles. The van der Waals surface area contributed by atoms with Crippen LogP contribution in [0.4, 0.5) is 10.6 Å². The fraction of sp³-hybridized carbons (Fsp3) is 0.286. The highest BCUT2D eigenvalue weighted by Crippen LogP contribution is 2.21. The Labute approximate surface area is 132 Å². The van der Waals surface area contributed by atoms with E-state index in [9.17, 15) is 4.79 Å². The maximum Gasteiger partial charge on any atom is 0.315 e. The lowest BCUT2D eigenvalue weighted by atomic mass is 10.2. The average Bonchev–Trinajstić information content (AvgIpc) is 2.88. The highest BCUT2D eigenvalue weighted by Gasteiger charge is 2.07. The molecule has 21 heavy (non-hydrogen) atoms. The molecule has 2 rings (SSSR count). The van der Waals surface area contributed by atoms with Crippen LogP contribution in [-0.2, 0) is 13.1 Å². The molecule has 5 nitrogen and oxygen atoms in total. The van der Waals surface area contributed by atoms with Crippen molar-refractivity contribution < 1.29 is 4.79 Å². The third-order valence-corrected chi connectivity index (χ3v) is 4.01. The maximum atomic E-state index is 11.8. The zero-order valence-corrected chi connectivity index (χ0v) is 13.5. The number of anilines is 1. The molecule has 0 saturated carbocycles. The van der Waals surface area contributed by atoms with Gasteiger partial charge in [0, 0.05) is 37.3 Å². The summed E-state index contributed by atoms with van der Waals surface area (Å²) in [5, 5.41) is 5.63. The molecule has 0 radical (unpaired) electrons. The molecule has 0 aliphatic carbocycles. The molecule has 0 aliphatic rings. The van der Waals surface area contributed by atoms with Crippen LogP contribution < -0.4 is 15.5 Å². The molecule has 0 spiro atoms. The van der Waals surface area contributed by atoms with Crippen LogP contribution in [0.3, 0.4) is 0 Å². The van der Waals surface area contributed by atoms with Crippen molar-refractivity contribution in [2.45, 2.75) is 13.1 Å². The molecule has 2 aromatic heterocycles. The summed E-state index contributed by atoms with van der Waals surface area (Å²) in [6.45, 7) is 0.898. The zero-order valence-electron chi connectivity index (χ0n) is 11.9. The standard InChI is InChI=1S/C14H17ClN4OS/c1-19(2)13-10(4-3-7-16-13)8-17-14(20)18-9-11-5-6-12(15)21-11/h3-7H,8-9H2,1-2H3,(H2,17,18,20). The van der Waals surface area contributed by atoms with Crippen molar-refractivity contribution >= 4 is 34.8 Å². The van der Waals surface area contributed by atoms with E-state index in [1.807, 2.05) is 43.3 Å². The summed E-state index contributed by atoms with van der Waals surface area (Å²) in [5.74, 6) is 0.850. The first kappa shape index (κ1) is 15.6. The number of amides is 2. The molecular weight excluding hydrogens is 308 g/mol. The van der Waals surface area contributed by atoms with E-state index in [0.717, 1.165) is 20.6 Å². The lowest BCUT2D eigenvalue weighted by Gasteiger charge is -2.16. The quantitative estimate of drug-likeness (QED) is 0.889. The van der Waals surface area contributed by atoms with Gasteiger partial charge in [0.1, 0.15) is 5.82 Å². The molecule has 0 atom stereocenters. The van der Waals surface area contributed by atoms with E-state index in [0.29, 0.717) is 13.1 Å². The number of nitrogens with zero attached hydrogens (tertiary/aromatic N) is 2. The summed E-state index contributed by atoms with van der Waals surface area (Å²) >= 11 is 7.30. The number of aromatic nitrogens is 1. The number of carbonyl (C=O) groups excluding carboxylic acids is 1. The molecule has 0 fully saturated rings.